The van der Waals surface area contributed by atoms with E-state index in [1.807, 2.05) is 14.1 Å². The maximum absolute atomic E-state index is 12.0. The molecule has 1 amide bonds. The summed E-state index contributed by atoms with van der Waals surface area (Å²) in [6.45, 7) is 5.53. The van der Waals surface area contributed by atoms with E-state index in [-0.39, 0.29) is 22.6 Å². The van der Waals surface area contributed by atoms with Crippen LogP contribution in [-0.4, -0.2) is 43.1 Å². The minimum atomic E-state index is -0.313. The van der Waals surface area contributed by atoms with Crippen molar-refractivity contribution in [2.45, 2.75) is 13.8 Å². The predicted molar refractivity (Wildman–Crippen MR) is 77.8 cm³/mol. The first kappa shape index (κ1) is 15.8. The van der Waals surface area contributed by atoms with Crippen LogP contribution >= 0.6 is 11.6 Å². The topological polar surface area (TPSA) is 52.6 Å². The monoisotopic (exact) mass is 284 g/mol. The van der Waals surface area contributed by atoms with Crippen molar-refractivity contribution in [3.05, 3.63) is 28.8 Å². The molecule has 0 bridgehead atoms. The molecule has 0 aliphatic rings. The molecule has 5 heteroatoms. The van der Waals surface area contributed by atoms with Crippen LogP contribution in [0.25, 0.3) is 0 Å². The van der Waals surface area contributed by atoms with Crippen molar-refractivity contribution in [3.8, 4) is 5.75 Å². The van der Waals surface area contributed by atoms with Crippen molar-refractivity contribution >= 4 is 17.5 Å². The number of benzene rings is 1. The van der Waals surface area contributed by atoms with E-state index in [1.165, 1.54) is 12.1 Å². The van der Waals surface area contributed by atoms with Crippen molar-refractivity contribution in [3.63, 3.8) is 0 Å². The van der Waals surface area contributed by atoms with Crippen LogP contribution in [0.15, 0.2) is 18.2 Å². The molecule has 0 aromatic heterocycles. The van der Waals surface area contributed by atoms with Gasteiger partial charge in [0.2, 0.25) is 0 Å². The second-order valence-corrected chi connectivity index (χ2v) is 6.18. The molecular formula is C14H21ClN2O2. The van der Waals surface area contributed by atoms with Gasteiger partial charge in [-0.15, -0.1) is 0 Å². The molecule has 2 N–H and O–H groups in total. The molecule has 0 aliphatic heterocycles. The average Bonchev–Trinajstić information content (AvgIpc) is 2.27. The molecule has 0 unspecified atom stereocenters. The highest BCUT2D eigenvalue weighted by Crippen LogP contribution is 2.22. The van der Waals surface area contributed by atoms with E-state index in [4.69, 9.17) is 11.6 Å². The fourth-order valence-electron chi connectivity index (χ4n) is 2.02. The van der Waals surface area contributed by atoms with Gasteiger partial charge < -0.3 is 15.3 Å². The van der Waals surface area contributed by atoms with E-state index < -0.39 is 0 Å². The number of carbonyl (C=O) groups is 1. The maximum atomic E-state index is 12.0. The van der Waals surface area contributed by atoms with Gasteiger partial charge in [0.1, 0.15) is 5.75 Å². The molecular weight excluding hydrogens is 264 g/mol. The van der Waals surface area contributed by atoms with E-state index in [0.717, 1.165) is 6.54 Å². The van der Waals surface area contributed by atoms with E-state index in [1.54, 1.807) is 6.07 Å². The first-order chi connectivity index (χ1) is 8.71. The third-order valence-corrected chi connectivity index (χ3v) is 2.91. The fourth-order valence-corrected chi connectivity index (χ4v) is 2.19. The number of hydrogen-bond acceptors (Lipinski definition) is 3. The van der Waals surface area contributed by atoms with Crippen LogP contribution in [0.5, 0.6) is 5.75 Å². The Hall–Kier alpha value is -1.26. The third-order valence-electron chi connectivity index (χ3n) is 2.67. The van der Waals surface area contributed by atoms with Gasteiger partial charge in [-0.2, -0.15) is 0 Å². The van der Waals surface area contributed by atoms with Crippen molar-refractivity contribution in [2.75, 3.05) is 27.2 Å². The summed E-state index contributed by atoms with van der Waals surface area (Å²) in [5, 5.41) is 12.9. The number of rotatable bonds is 5. The van der Waals surface area contributed by atoms with Crippen molar-refractivity contribution < 1.29 is 9.90 Å². The van der Waals surface area contributed by atoms with E-state index in [0.29, 0.717) is 11.6 Å². The van der Waals surface area contributed by atoms with Crippen LogP contribution < -0.4 is 5.32 Å². The second kappa shape index (κ2) is 6.26. The molecule has 4 nitrogen and oxygen atoms in total. The highest BCUT2D eigenvalue weighted by Gasteiger charge is 2.21. The lowest BCUT2D eigenvalue weighted by Gasteiger charge is -2.28. The number of carbonyl (C=O) groups excluding carboxylic acids is 1. The lowest BCUT2D eigenvalue weighted by Crippen LogP contribution is -2.40. The lowest BCUT2D eigenvalue weighted by molar-refractivity contribution is 0.0926. The Bertz CT molecular complexity index is 459. The minimum Gasteiger partial charge on any atom is -0.507 e. The lowest BCUT2D eigenvalue weighted by atomic mass is 9.93. The Kier molecular flexibility index (Phi) is 5.20. The molecule has 0 radical (unpaired) electrons. The molecule has 0 fully saturated rings. The molecule has 0 saturated carbocycles. The zero-order valence-corrected chi connectivity index (χ0v) is 12.6. The van der Waals surface area contributed by atoms with E-state index in [2.05, 4.69) is 24.1 Å². The largest absolute Gasteiger partial charge is 0.507 e. The Morgan fingerprint density at radius 2 is 2.05 bits per heavy atom. The Balaban J connectivity index is 2.68. The number of phenolic OH excluding ortho intramolecular Hbond substituents is 1. The Morgan fingerprint density at radius 1 is 1.42 bits per heavy atom. The van der Waals surface area contributed by atoms with Gasteiger partial charge in [-0.25, -0.2) is 0 Å². The molecule has 1 rings (SSSR count). The number of aromatic hydroxyl groups is 1. The standard InChI is InChI=1S/C14H21ClN2O2/c1-14(2,9-17(3)4)8-16-13(19)11-7-10(15)5-6-12(11)18/h5-7,18H,8-9H2,1-4H3,(H,16,19). The third kappa shape index (κ3) is 5.09. The van der Waals surface area contributed by atoms with Crippen LogP contribution in [0.1, 0.15) is 24.2 Å². The van der Waals surface area contributed by atoms with Crippen LogP contribution in [-0.2, 0) is 0 Å². The number of phenols is 1. The number of amides is 1. The van der Waals surface area contributed by atoms with Gasteiger partial charge in [0.05, 0.1) is 5.56 Å². The highest BCUT2D eigenvalue weighted by molar-refractivity contribution is 6.31. The van der Waals surface area contributed by atoms with Gasteiger partial charge in [-0.05, 0) is 37.7 Å². The summed E-state index contributed by atoms with van der Waals surface area (Å²) in [5.74, 6) is -0.376. The Labute approximate surface area is 119 Å². The zero-order valence-electron chi connectivity index (χ0n) is 11.8. The predicted octanol–water partition coefficient (Wildman–Crippen LogP) is 2.36. The summed E-state index contributed by atoms with van der Waals surface area (Å²) in [6.07, 6.45) is 0. The molecule has 1 aromatic carbocycles. The normalized spacial score (nSPS) is 11.7. The highest BCUT2D eigenvalue weighted by atomic mass is 35.5. The van der Waals surface area contributed by atoms with Crippen LogP contribution in [0.2, 0.25) is 5.02 Å². The zero-order chi connectivity index (χ0) is 14.6. The SMILES string of the molecule is CN(C)CC(C)(C)CNC(=O)c1cc(Cl)ccc1O. The summed E-state index contributed by atoms with van der Waals surface area (Å²) >= 11 is 5.82. The average molecular weight is 285 g/mol. The maximum Gasteiger partial charge on any atom is 0.255 e. The number of hydrogen-bond donors (Lipinski definition) is 2. The molecule has 0 atom stereocenters. The summed E-state index contributed by atoms with van der Waals surface area (Å²) < 4.78 is 0. The van der Waals surface area contributed by atoms with Gasteiger partial charge in [-0.1, -0.05) is 25.4 Å². The van der Waals surface area contributed by atoms with Crippen molar-refractivity contribution in [1.29, 1.82) is 0 Å². The van der Waals surface area contributed by atoms with Gasteiger partial charge in [0, 0.05) is 18.1 Å². The molecule has 0 spiro atoms. The molecule has 0 saturated heterocycles. The number of nitrogens with zero attached hydrogens (tertiary/aromatic N) is 1. The fraction of sp³-hybridized carbons (Fsp3) is 0.500. The molecule has 0 aliphatic carbocycles. The summed E-state index contributed by atoms with van der Waals surface area (Å²) in [5.41, 5.74) is 0.154. The quantitative estimate of drug-likeness (QED) is 0.873. The molecule has 106 valence electrons. The summed E-state index contributed by atoms with van der Waals surface area (Å²) in [7, 11) is 3.98. The van der Waals surface area contributed by atoms with Crippen molar-refractivity contribution in [1.82, 2.24) is 10.2 Å². The first-order valence-electron chi connectivity index (χ1n) is 6.13. The summed E-state index contributed by atoms with van der Waals surface area (Å²) in [4.78, 5) is 14.1. The molecule has 19 heavy (non-hydrogen) atoms. The minimum absolute atomic E-state index is 0.0483. The van der Waals surface area contributed by atoms with Gasteiger partial charge in [-0.3, -0.25) is 4.79 Å². The van der Waals surface area contributed by atoms with Gasteiger partial charge >= 0.3 is 0 Å². The molecule has 0 heterocycles. The number of nitrogens with one attached hydrogen (secondary N) is 1. The Morgan fingerprint density at radius 3 is 2.63 bits per heavy atom. The van der Waals surface area contributed by atoms with Crippen molar-refractivity contribution in [2.24, 2.45) is 5.41 Å². The molecule has 1 aromatic rings. The van der Waals surface area contributed by atoms with Crippen LogP contribution in [0.3, 0.4) is 0 Å². The smallest absolute Gasteiger partial charge is 0.255 e. The van der Waals surface area contributed by atoms with E-state index in [9.17, 15) is 9.90 Å². The van der Waals surface area contributed by atoms with E-state index >= 15 is 0 Å². The second-order valence-electron chi connectivity index (χ2n) is 5.75. The first-order valence-corrected chi connectivity index (χ1v) is 6.50. The number of halogens is 1. The summed E-state index contributed by atoms with van der Waals surface area (Å²) in [6, 6.07) is 4.43. The van der Waals surface area contributed by atoms with Gasteiger partial charge in [0.25, 0.3) is 5.91 Å². The van der Waals surface area contributed by atoms with Crippen LogP contribution in [0.4, 0.5) is 0 Å². The van der Waals surface area contributed by atoms with Crippen LogP contribution in [0, 0.1) is 5.41 Å². The van der Waals surface area contributed by atoms with Gasteiger partial charge in [0.15, 0.2) is 0 Å².